The maximum atomic E-state index is 13.6. The molecule has 0 bridgehead atoms. The summed E-state index contributed by atoms with van der Waals surface area (Å²) >= 11 is 0. The molecule has 1 aromatic carbocycles. The summed E-state index contributed by atoms with van der Waals surface area (Å²) in [5.41, 5.74) is 1.21. The summed E-state index contributed by atoms with van der Waals surface area (Å²) in [5.74, 6) is -2.85. The number of hydrogen-bond donors (Lipinski definition) is 3. The molecule has 0 spiro atoms. The van der Waals surface area contributed by atoms with Gasteiger partial charge in [0.15, 0.2) is 0 Å². The van der Waals surface area contributed by atoms with E-state index < -0.39 is 35.6 Å². The summed E-state index contributed by atoms with van der Waals surface area (Å²) < 4.78 is 16.6. The molecule has 0 radical (unpaired) electrons. The number of rotatable bonds is 7. The van der Waals surface area contributed by atoms with E-state index in [1.807, 2.05) is 0 Å². The predicted molar refractivity (Wildman–Crippen MR) is 145 cm³/mol. The Kier molecular flexibility index (Phi) is 7.92. The molecule has 11 nitrogen and oxygen atoms in total. The van der Waals surface area contributed by atoms with Crippen LogP contribution < -0.4 is 10.6 Å². The third-order valence-electron chi connectivity index (χ3n) is 7.72. The number of aryl methyl sites for hydroxylation is 2. The first-order valence-corrected chi connectivity index (χ1v) is 12.9. The number of aliphatic hydroxyl groups is 1. The monoisotopic (exact) mass is 552 g/mol. The van der Waals surface area contributed by atoms with Crippen molar-refractivity contribution in [3.63, 3.8) is 0 Å². The zero-order valence-corrected chi connectivity index (χ0v) is 23.2. The van der Waals surface area contributed by atoms with Crippen molar-refractivity contribution >= 4 is 29.2 Å². The Hall–Kier alpha value is -4.32. The van der Waals surface area contributed by atoms with Gasteiger partial charge in [0.05, 0.1) is 23.4 Å². The summed E-state index contributed by atoms with van der Waals surface area (Å²) in [4.78, 5) is 54.1. The minimum atomic E-state index is -1.08. The molecule has 40 heavy (non-hydrogen) atoms. The lowest BCUT2D eigenvalue weighted by Gasteiger charge is -2.41. The quantitative estimate of drug-likeness (QED) is 0.303. The van der Waals surface area contributed by atoms with E-state index in [4.69, 9.17) is 0 Å². The maximum Gasteiger partial charge on any atom is 0.294 e. The lowest BCUT2D eigenvalue weighted by atomic mass is 9.87. The number of anilines is 1. The number of piperidine rings is 1. The van der Waals surface area contributed by atoms with Gasteiger partial charge in [-0.2, -0.15) is 5.10 Å². The number of halogens is 1. The Balaban J connectivity index is 1.48. The van der Waals surface area contributed by atoms with Crippen LogP contribution in [0.3, 0.4) is 0 Å². The van der Waals surface area contributed by atoms with Gasteiger partial charge in [-0.1, -0.05) is 0 Å². The van der Waals surface area contributed by atoms with Gasteiger partial charge in [0.2, 0.25) is 0 Å². The Labute approximate surface area is 231 Å². The van der Waals surface area contributed by atoms with Gasteiger partial charge in [-0.15, -0.1) is 0 Å². The van der Waals surface area contributed by atoms with E-state index in [0.717, 1.165) is 0 Å². The standard InChI is InChI=1S/C28H33FN6O5/c1-16-14-19(6-7-20(16)29)31-25(38)22-17(2)23(33(4)18(22)3)24(37)26(39)32-28(15-36)9-12-35(13-10-28)27(40)21-8-11-30-34(21)5/h6-8,11,14,36H,9-10,12-13,15H2,1-5H3,(H,31,38)(H,32,39). The van der Waals surface area contributed by atoms with Crippen molar-refractivity contribution in [2.45, 2.75) is 39.2 Å². The van der Waals surface area contributed by atoms with Gasteiger partial charge in [0.25, 0.3) is 23.5 Å². The summed E-state index contributed by atoms with van der Waals surface area (Å²) in [6, 6.07) is 5.82. The summed E-state index contributed by atoms with van der Waals surface area (Å²) in [6.45, 7) is 4.97. The largest absolute Gasteiger partial charge is 0.394 e. The van der Waals surface area contributed by atoms with Crippen LogP contribution in [0.5, 0.6) is 0 Å². The molecule has 4 rings (SSSR count). The van der Waals surface area contributed by atoms with Crippen LogP contribution in [0, 0.1) is 26.6 Å². The molecule has 1 aliphatic rings. The fourth-order valence-corrected chi connectivity index (χ4v) is 5.16. The van der Waals surface area contributed by atoms with Crippen molar-refractivity contribution in [1.29, 1.82) is 0 Å². The Morgan fingerprint density at radius 2 is 1.75 bits per heavy atom. The molecule has 3 aromatic rings. The lowest BCUT2D eigenvalue weighted by Crippen LogP contribution is -2.59. The number of carbonyl (C=O) groups excluding carboxylic acids is 4. The van der Waals surface area contributed by atoms with Crippen LogP contribution in [0.15, 0.2) is 30.5 Å². The molecule has 0 atom stereocenters. The second-order valence-electron chi connectivity index (χ2n) is 10.3. The number of ketones is 1. The van der Waals surface area contributed by atoms with E-state index in [1.54, 1.807) is 45.8 Å². The van der Waals surface area contributed by atoms with Crippen LogP contribution >= 0.6 is 0 Å². The van der Waals surface area contributed by atoms with Crippen LogP contribution in [0.4, 0.5) is 10.1 Å². The molecule has 0 aliphatic carbocycles. The first-order valence-electron chi connectivity index (χ1n) is 12.9. The normalized spacial score (nSPS) is 14.6. The molecule has 2 aromatic heterocycles. The van der Waals surface area contributed by atoms with E-state index in [2.05, 4.69) is 15.7 Å². The molecule has 3 N–H and O–H groups in total. The summed E-state index contributed by atoms with van der Waals surface area (Å²) in [5, 5.41) is 19.6. The molecule has 12 heteroatoms. The molecule has 1 saturated heterocycles. The molecule has 0 unspecified atom stereocenters. The lowest BCUT2D eigenvalue weighted by molar-refractivity contribution is -0.120. The summed E-state index contributed by atoms with van der Waals surface area (Å²) in [6.07, 6.45) is 2.04. The van der Waals surface area contributed by atoms with Crippen molar-refractivity contribution in [2.24, 2.45) is 14.1 Å². The van der Waals surface area contributed by atoms with Crippen molar-refractivity contribution in [3.8, 4) is 0 Å². The second kappa shape index (κ2) is 11.0. The Morgan fingerprint density at radius 3 is 2.33 bits per heavy atom. The van der Waals surface area contributed by atoms with E-state index in [1.165, 1.54) is 33.6 Å². The fourth-order valence-electron chi connectivity index (χ4n) is 5.16. The third kappa shape index (κ3) is 5.26. The molecular weight excluding hydrogens is 519 g/mol. The highest BCUT2D eigenvalue weighted by molar-refractivity contribution is 6.43. The third-order valence-corrected chi connectivity index (χ3v) is 7.72. The van der Waals surface area contributed by atoms with Crippen LogP contribution in [0.2, 0.25) is 0 Å². The van der Waals surface area contributed by atoms with E-state index >= 15 is 0 Å². The van der Waals surface area contributed by atoms with E-state index in [9.17, 15) is 28.7 Å². The fraction of sp³-hybridized carbons (Fsp3) is 0.393. The van der Waals surface area contributed by atoms with Crippen molar-refractivity contribution in [1.82, 2.24) is 24.6 Å². The molecule has 0 saturated carbocycles. The smallest absolute Gasteiger partial charge is 0.294 e. The molecule has 212 valence electrons. The number of hydrogen-bond acceptors (Lipinski definition) is 6. The average Bonchev–Trinajstić information content (AvgIpc) is 3.45. The highest BCUT2D eigenvalue weighted by Crippen LogP contribution is 2.26. The number of carbonyl (C=O) groups is 4. The van der Waals surface area contributed by atoms with Crippen LogP contribution in [-0.2, 0) is 18.9 Å². The van der Waals surface area contributed by atoms with Crippen molar-refractivity contribution in [2.75, 3.05) is 25.0 Å². The number of benzene rings is 1. The number of aliphatic hydroxyl groups excluding tert-OH is 1. The van der Waals surface area contributed by atoms with Gasteiger partial charge < -0.3 is 25.2 Å². The van der Waals surface area contributed by atoms with Gasteiger partial charge in [0.1, 0.15) is 11.5 Å². The van der Waals surface area contributed by atoms with E-state index in [-0.39, 0.29) is 43.1 Å². The van der Waals surface area contributed by atoms with Gasteiger partial charge >= 0.3 is 0 Å². The zero-order valence-electron chi connectivity index (χ0n) is 23.2. The SMILES string of the molecule is Cc1cc(NC(=O)c2c(C)c(C(=O)C(=O)NC3(CO)CCN(C(=O)c4ccnn4C)CC3)n(C)c2C)ccc1F. The van der Waals surface area contributed by atoms with Crippen molar-refractivity contribution in [3.05, 3.63) is 70.1 Å². The molecule has 3 amide bonds. The minimum absolute atomic E-state index is 0.0485. The van der Waals surface area contributed by atoms with Gasteiger partial charge in [-0.05, 0) is 69.0 Å². The highest BCUT2D eigenvalue weighted by Gasteiger charge is 2.39. The Bertz CT molecular complexity index is 1500. The molecular formula is C28H33FN6O5. The maximum absolute atomic E-state index is 13.6. The minimum Gasteiger partial charge on any atom is -0.394 e. The van der Waals surface area contributed by atoms with Gasteiger partial charge in [0, 0.05) is 44.8 Å². The number of aromatic nitrogens is 3. The van der Waals surface area contributed by atoms with E-state index in [0.29, 0.717) is 28.2 Å². The number of likely N-dealkylation sites (tertiary alicyclic amines) is 1. The topological polar surface area (TPSA) is 139 Å². The number of nitrogens with one attached hydrogen (secondary N) is 2. The average molecular weight is 553 g/mol. The predicted octanol–water partition coefficient (Wildman–Crippen LogP) is 2.04. The number of Topliss-reactive ketones (excluding diaryl/α,β-unsaturated/α-hetero) is 1. The number of nitrogens with zero attached hydrogens (tertiary/aromatic N) is 4. The first kappa shape index (κ1) is 28.7. The van der Waals surface area contributed by atoms with Crippen molar-refractivity contribution < 1.29 is 28.7 Å². The number of amides is 3. The van der Waals surface area contributed by atoms with Gasteiger partial charge in [-0.25, -0.2) is 4.39 Å². The summed E-state index contributed by atoms with van der Waals surface area (Å²) in [7, 11) is 3.26. The molecule has 1 fully saturated rings. The Morgan fingerprint density at radius 1 is 1.07 bits per heavy atom. The van der Waals surface area contributed by atoms with Gasteiger partial charge in [-0.3, -0.25) is 23.9 Å². The first-order chi connectivity index (χ1) is 18.9. The zero-order chi connectivity index (χ0) is 29.4. The van der Waals surface area contributed by atoms with Crippen LogP contribution in [-0.4, -0.2) is 73.1 Å². The molecule has 1 aliphatic heterocycles. The van der Waals surface area contributed by atoms with Crippen LogP contribution in [0.25, 0.3) is 0 Å². The molecule has 3 heterocycles. The van der Waals surface area contributed by atoms with Crippen LogP contribution in [0.1, 0.15) is 61.0 Å². The highest BCUT2D eigenvalue weighted by atomic mass is 19.1. The second-order valence-corrected chi connectivity index (χ2v) is 10.3.